The van der Waals surface area contributed by atoms with E-state index in [-0.39, 0.29) is 0 Å². The van der Waals surface area contributed by atoms with Gasteiger partial charge in [0, 0.05) is 9.86 Å². The highest BCUT2D eigenvalue weighted by atomic mass is 79.9. The van der Waals surface area contributed by atoms with E-state index in [0.717, 1.165) is 43.3 Å². The van der Waals surface area contributed by atoms with Crippen LogP contribution in [0.1, 0.15) is 18.4 Å². The summed E-state index contributed by atoms with van der Waals surface area (Å²) in [4.78, 5) is 4.45. The van der Waals surface area contributed by atoms with Gasteiger partial charge in [0.2, 0.25) is 5.13 Å². The highest BCUT2D eigenvalue weighted by Crippen LogP contribution is 2.32. The first kappa shape index (κ1) is 18.5. The third-order valence-electron chi connectivity index (χ3n) is 3.96. The Hall–Kier alpha value is -2.84. The number of furan rings is 1. The first-order valence-electron chi connectivity index (χ1n) is 8.52. The summed E-state index contributed by atoms with van der Waals surface area (Å²) in [6.07, 6.45) is 0. The number of benzene rings is 2. The molecule has 2 aromatic carbocycles. The predicted octanol–water partition coefficient (Wildman–Crippen LogP) is 7.21. The molecule has 6 nitrogen and oxygen atoms in total. The Balaban J connectivity index is 1.48. The number of rotatable bonds is 5. The number of para-hydroxylation sites is 1. The Morgan fingerprint density at radius 3 is 2.68 bits per heavy atom. The minimum absolute atomic E-state index is 0.651. The highest BCUT2D eigenvalue weighted by molar-refractivity contribution is 9.10. The third-order valence-corrected chi connectivity index (χ3v) is 5.43. The van der Waals surface area contributed by atoms with Crippen LogP contribution in [0.2, 0.25) is 0 Å². The lowest BCUT2D eigenvalue weighted by molar-refractivity contribution is 0.604. The number of hydrogen-bond donors (Lipinski definition) is 1. The fourth-order valence-electron chi connectivity index (χ4n) is 2.49. The Kier molecular flexibility index (Phi) is 5.31. The van der Waals surface area contributed by atoms with Gasteiger partial charge in [-0.25, -0.2) is 4.98 Å². The Morgan fingerprint density at radius 1 is 1.11 bits per heavy atom. The second-order valence-electron chi connectivity index (χ2n) is 6.04. The number of fused-ring (bicyclic) bond motifs is 1. The molecular formula is C20H16BrN5OS. The molecular weight excluding hydrogens is 438 g/mol. The first-order valence-corrected chi connectivity index (χ1v) is 10.1. The fourth-order valence-corrected chi connectivity index (χ4v) is 3.48. The summed E-state index contributed by atoms with van der Waals surface area (Å²) in [5.41, 5.74) is 6.14. The SMILES string of the molecule is C/C(=N\Nc1nc(C)c(N=Nc2ccc(Br)cc2)s1)c1cc2ccccc2o1. The summed E-state index contributed by atoms with van der Waals surface area (Å²) in [6, 6.07) is 17.5. The maximum absolute atomic E-state index is 5.82. The van der Waals surface area contributed by atoms with Crippen LogP contribution in [0.3, 0.4) is 0 Å². The smallest absolute Gasteiger partial charge is 0.205 e. The van der Waals surface area contributed by atoms with Gasteiger partial charge >= 0.3 is 0 Å². The number of nitrogens with one attached hydrogen (secondary N) is 1. The molecule has 0 unspecified atom stereocenters. The topological polar surface area (TPSA) is 75.1 Å². The Labute approximate surface area is 174 Å². The monoisotopic (exact) mass is 453 g/mol. The molecule has 140 valence electrons. The summed E-state index contributed by atoms with van der Waals surface area (Å²) >= 11 is 4.80. The Morgan fingerprint density at radius 2 is 1.89 bits per heavy atom. The van der Waals surface area contributed by atoms with Gasteiger partial charge in [-0.1, -0.05) is 45.5 Å². The van der Waals surface area contributed by atoms with E-state index in [2.05, 4.69) is 41.7 Å². The van der Waals surface area contributed by atoms with E-state index in [1.54, 1.807) is 0 Å². The van der Waals surface area contributed by atoms with Crippen LogP contribution in [0, 0.1) is 6.92 Å². The van der Waals surface area contributed by atoms with E-state index in [1.807, 2.05) is 68.4 Å². The molecule has 4 aromatic rings. The molecule has 4 rings (SSSR count). The van der Waals surface area contributed by atoms with Gasteiger partial charge in [0.25, 0.3) is 0 Å². The summed E-state index contributed by atoms with van der Waals surface area (Å²) in [7, 11) is 0. The normalized spacial score (nSPS) is 12.2. The van der Waals surface area contributed by atoms with Gasteiger partial charge in [0.05, 0.1) is 11.4 Å². The van der Waals surface area contributed by atoms with E-state index in [9.17, 15) is 0 Å². The summed E-state index contributed by atoms with van der Waals surface area (Å²) in [6.45, 7) is 3.78. The minimum atomic E-state index is 0.651. The lowest BCUT2D eigenvalue weighted by Gasteiger charge is -1.96. The van der Waals surface area contributed by atoms with Crippen LogP contribution >= 0.6 is 27.3 Å². The van der Waals surface area contributed by atoms with E-state index >= 15 is 0 Å². The van der Waals surface area contributed by atoms with Crippen LogP contribution < -0.4 is 5.43 Å². The number of thiazole rings is 1. The molecule has 1 N–H and O–H groups in total. The molecule has 28 heavy (non-hydrogen) atoms. The summed E-state index contributed by atoms with van der Waals surface area (Å²) in [5, 5.41) is 15.4. The number of azo groups is 1. The number of aryl methyl sites for hydroxylation is 1. The molecule has 0 aliphatic heterocycles. The lowest BCUT2D eigenvalue weighted by atomic mass is 10.2. The van der Waals surface area contributed by atoms with Crippen molar-refractivity contribution in [2.45, 2.75) is 13.8 Å². The quantitative estimate of drug-likeness (QED) is 0.197. The predicted molar refractivity (Wildman–Crippen MR) is 117 cm³/mol. The largest absolute Gasteiger partial charge is 0.455 e. The molecule has 0 fully saturated rings. The van der Waals surface area contributed by atoms with E-state index in [1.165, 1.54) is 11.3 Å². The van der Waals surface area contributed by atoms with Gasteiger partial charge < -0.3 is 4.42 Å². The number of anilines is 1. The lowest BCUT2D eigenvalue weighted by Crippen LogP contribution is -1.97. The van der Waals surface area contributed by atoms with Gasteiger partial charge in [-0.05, 0) is 50.2 Å². The molecule has 0 spiro atoms. The molecule has 0 amide bonds. The van der Waals surface area contributed by atoms with E-state index < -0.39 is 0 Å². The summed E-state index contributed by atoms with van der Waals surface area (Å²) < 4.78 is 6.82. The standard InChI is InChI=1S/C20H16BrN5OS/c1-12(18-11-14-5-3-4-6-17(14)27-18)23-26-20-22-13(2)19(28-20)25-24-16-9-7-15(21)8-10-16/h3-11H,1-2H3,(H,22,26)/b23-12+,25-24?. The molecule has 8 heteroatoms. The van der Waals surface area contributed by atoms with Gasteiger partial charge in [0.15, 0.2) is 10.8 Å². The van der Waals surface area contributed by atoms with Crippen molar-refractivity contribution in [3.8, 4) is 0 Å². The zero-order valence-corrected chi connectivity index (χ0v) is 17.6. The first-order chi connectivity index (χ1) is 13.6. The second kappa shape index (κ2) is 8.04. The van der Waals surface area contributed by atoms with Crippen molar-refractivity contribution in [3.05, 3.63) is 70.5 Å². The van der Waals surface area contributed by atoms with Crippen molar-refractivity contribution in [1.82, 2.24) is 4.98 Å². The average molecular weight is 454 g/mol. The maximum atomic E-state index is 5.82. The van der Waals surface area contributed by atoms with Crippen LogP contribution in [-0.4, -0.2) is 10.7 Å². The van der Waals surface area contributed by atoms with Crippen molar-refractivity contribution in [2.24, 2.45) is 15.3 Å². The Bertz CT molecular complexity index is 1140. The second-order valence-corrected chi connectivity index (χ2v) is 7.94. The van der Waals surface area contributed by atoms with Crippen LogP contribution in [0.15, 0.2) is 78.8 Å². The molecule has 0 radical (unpaired) electrons. The number of hydrazone groups is 1. The molecule has 2 aromatic heterocycles. The van der Waals surface area contributed by atoms with Crippen LogP contribution in [-0.2, 0) is 0 Å². The fraction of sp³-hybridized carbons (Fsp3) is 0.100. The van der Waals surface area contributed by atoms with Crippen molar-refractivity contribution < 1.29 is 4.42 Å². The number of nitrogens with zero attached hydrogens (tertiary/aromatic N) is 4. The summed E-state index contributed by atoms with van der Waals surface area (Å²) in [5.74, 6) is 0.720. The van der Waals surface area contributed by atoms with Crippen LogP contribution in [0.5, 0.6) is 0 Å². The zero-order valence-electron chi connectivity index (χ0n) is 15.2. The van der Waals surface area contributed by atoms with E-state index in [4.69, 9.17) is 4.42 Å². The van der Waals surface area contributed by atoms with Crippen LogP contribution in [0.4, 0.5) is 15.8 Å². The molecule has 0 aliphatic carbocycles. The van der Waals surface area contributed by atoms with Crippen molar-refractivity contribution in [3.63, 3.8) is 0 Å². The van der Waals surface area contributed by atoms with Gasteiger partial charge in [-0.15, -0.1) is 10.2 Å². The number of aromatic nitrogens is 1. The van der Waals surface area contributed by atoms with Gasteiger partial charge in [-0.3, -0.25) is 5.43 Å². The maximum Gasteiger partial charge on any atom is 0.205 e. The molecule has 0 aliphatic rings. The van der Waals surface area contributed by atoms with Crippen molar-refractivity contribution in [2.75, 3.05) is 5.43 Å². The van der Waals surface area contributed by atoms with Gasteiger partial charge in [-0.2, -0.15) is 5.10 Å². The average Bonchev–Trinajstić information content (AvgIpc) is 3.29. The minimum Gasteiger partial charge on any atom is -0.455 e. The molecule has 0 atom stereocenters. The van der Waals surface area contributed by atoms with Crippen molar-refractivity contribution in [1.29, 1.82) is 0 Å². The van der Waals surface area contributed by atoms with Gasteiger partial charge in [0.1, 0.15) is 11.3 Å². The zero-order chi connectivity index (χ0) is 19.5. The third kappa shape index (κ3) is 4.18. The molecule has 0 saturated carbocycles. The molecule has 2 heterocycles. The number of halogens is 1. The molecule has 0 bridgehead atoms. The van der Waals surface area contributed by atoms with Crippen molar-refractivity contribution >= 4 is 59.8 Å². The molecule has 0 saturated heterocycles. The van der Waals surface area contributed by atoms with Crippen LogP contribution in [0.25, 0.3) is 11.0 Å². The number of hydrogen-bond acceptors (Lipinski definition) is 7. The highest BCUT2D eigenvalue weighted by Gasteiger charge is 2.09. The van der Waals surface area contributed by atoms with E-state index in [0.29, 0.717) is 5.13 Å².